The third-order valence-electron chi connectivity index (χ3n) is 2.48. The van der Waals surface area contributed by atoms with Crippen LogP contribution in [0.25, 0.3) is 0 Å². The summed E-state index contributed by atoms with van der Waals surface area (Å²) in [4.78, 5) is 0. The number of nitrogens with two attached hydrogens (primary N) is 1. The molecule has 3 heteroatoms. The van der Waals surface area contributed by atoms with Crippen LogP contribution >= 0.6 is 0 Å². The molecule has 1 unspecified atom stereocenters. The van der Waals surface area contributed by atoms with Gasteiger partial charge in [0.2, 0.25) is 0 Å². The highest BCUT2D eigenvalue weighted by Crippen LogP contribution is 2.23. The molecule has 0 bridgehead atoms. The van der Waals surface area contributed by atoms with Gasteiger partial charge in [0.1, 0.15) is 11.6 Å². The van der Waals surface area contributed by atoms with Crippen LogP contribution in [0.1, 0.15) is 37.8 Å². The Bertz CT molecular complexity index is 314. The lowest BCUT2D eigenvalue weighted by molar-refractivity contribution is 0.410. The molecule has 0 spiro atoms. The average Bonchev–Trinajstić information content (AvgIpc) is 2.25. The van der Waals surface area contributed by atoms with Crippen LogP contribution in [0.3, 0.4) is 0 Å². The van der Waals surface area contributed by atoms with E-state index in [4.69, 9.17) is 10.5 Å². The van der Waals surface area contributed by atoms with Crippen molar-refractivity contribution in [2.45, 2.75) is 32.2 Å². The summed E-state index contributed by atoms with van der Waals surface area (Å²) in [5.74, 6) is 0.247. The second-order valence-corrected chi connectivity index (χ2v) is 3.64. The molecule has 0 heterocycles. The van der Waals surface area contributed by atoms with E-state index < -0.39 is 0 Å². The number of methoxy groups -OCH3 is 1. The third-order valence-corrected chi connectivity index (χ3v) is 2.48. The van der Waals surface area contributed by atoms with Crippen molar-refractivity contribution in [2.75, 3.05) is 7.11 Å². The molecule has 1 rings (SSSR count). The lowest BCUT2D eigenvalue weighted by Crippen LogP contribution is -2.12. The maximum absolute atomic E-state index is 13.6. The summed E-state index contributed by atoms with van der Waals surface area (Å²) in [7, 11) is 1.52. The topological polar surface area (TPSA) is 35.2 Å². The molecule has 0 aliphatic heterocycles. The molecule has 0 saturated carbocycles. The summed E-state index contributed by atoms with van der Waals surface area (Å²) in [6.07, 6.45) is 2.91. The first-order chi connectivity index (χ1) is 7.19. The summed E-state index contributed by atoms with van der Waals surface area (Å²) in [5.41, 5.74) is 6.47. The smallest absolute Gasteiger partial charge is 0.131 e. The van der Waals surface area contributed by atoms with E-state index in [2.05, 4.69) is 6.92 Å². The second-order valence-electron chi connectivity index (χ2n) is 3.64. The van der Waals surface area contributed by atoms with Crippen molar-refractivity contribution in [2.24, 2.45) is 5.73 Å². The summed E-state index contributed by atoms with van der Waals surface area (Å²) in [5, 5.41) is 0. The molecule has 0 aromatic heterocycles. The van der Waals surface area contributed by atoms with Crippen molar-refractivity contribution in [3.8, 4) is 5.75 Å². The highest BCUT2D eigenvalue weighted by Gasteiger charge is 2.11. The minimum atomic E-state index is -0.280. The SMILES string of the molecule is CCCCC(N)c1ccc(OC)cc1F. The minimum Gasteiger partial charge on any atom is -0.497 e. The van der Waals surface area contributed by atoms with Gasteiger partial charge < -0.3 is 10.5 Å². The van der Waals surface area contributed by atoms with Gasteiger partial charge in [-0.15, -0.1) is 0 Å². The van der Waals surface area contributed by atoms with Crippen LogP contribution < -0.4 is 10.5 Å². The number of hydrogen-bond acceptors (Lipinski definition) is 2. The van der Waals surface area contributed by atoms with Gasteiger partial charge in [0.05, 0.1) is 7.11 Å². The fraction of sp³-hybridized carbons (Fsp3) is 0.500. The van der Waals surface area contributed by atoms with Gasteiger partial charge >= 0.3 is 0 Å². The Hall–Kier alpha value is -1.09. The second kappa shape index (κ2) is 5.71. The van der Waals surface area contributed by atoms with Crippen LogP contribution in [0.5, 0.6) is 5.75 Å². The predicted molar refractivity (Wildman–Crippen MR) is 59.4 cm³/mol. The number of hydrogen-bond donors (Lipinski definition) is 1. The number of unbranched alkanes of at least 4 members (excludes halogenated alkanes) is 1. The molecule has 0 amide bonds. The average molecular weight is 211 g/mol. The first kappa shape index (κ1) is 12.0. The monoisotopic (exact) mass is 211 g/mol. The largest absolute Gasteiger partial charge is 0.497 e. The Balaban J connectivity index is 2.76. The van der Waals surface area contributed by atoms with E-state index in [-0.39, 0.29) is 11.9 Å². The van der Waals surface area contributed by atoms with Crippen LogP contribution in [0.2, 0.25) is 0 Å². The third kappa shape index (κ3) is 3.20. The quantitative estimate of drug-likeness (QED) is 0.812. The molecule has 2 N–H and O–H groups in total. The number of halogens is 1. The molecule has 2 nitrogen and oxygen atoms in total. The van der Waals surface area contributed by atoms with Crippen molar-refractivity contribution < 1.29 is 9.13 Å². The maximum atomic E-state index is 13.6. The van der Waals surface area contributed by atoms with E-state index in [0.717, 1.165) is 19.3 Å². The Labute approximate surface area is 90.2 Å². The molecule has 0 saturated heterocycles. The highest BCUT2D eigenvalue weighted by molar-refractivity contribution is 5.30. The summed E-state index contributed by atoms with van der Waals surface area (Å²) in [6, 6.07) is 4.61. The van der Waals surface area contributed by atoms with Crippen LogP contribution in [0.15, 0.2) is 18.2 Å². The normalized spacial score (nSPS) is 12.5. The van der Waals surface area contributed by atoms with Gasteiger partial charge in [0, 0.05) is 17.7 Å². The molecule has 1 atom stereocenters. The van der Waals surface area contributed by atoms with Crippen LogP contribution in [0.4, 0.5) is 4.39 Å². The van der Waals surface area contributed by atoms with E-state index in [9.17, 15) is 4.39 Å². The fourth-order valence-electron chi connectivity index (χ4n) is 1.52. The van der Waals surface area contributed by atoms with Gasteiger partial charge in [-0.25, -0.2) is 4.39 Å². The molecule has 0 aliphatic carbocycles. The standard InChI is InChI=1S/C12H18FNO/c1-3-4-5-12(14)10-7-6-9(15-2)8-11(10)13/h6-8,12H,3-5,14H2,1-2H3. The number of rotatable bonds is 5. The lowest BCUT2D eigenvalue weighted by atomic mass is 10.0. The van der Waals surface area contributed by atoms with E-state index in [0.29, 0.717) is 11.3 Å². The molecule has 1 aromatic rings. The summed E-state index contributed by atoms with van der Waals surface area (Å²) < 4.78 is 18.5. The van der Waals surface area contributed by atoms with Gasteiger partial charge in [0.25, 0.3) is 0 Å². The Kier molecular flexibility index (Phi) is 4.56. The van der Waals surface area contributed by atoms with Crippen molar-refractivity contribution >= 4 is 0 Å². The number of ether oxygens (including phenoxy) is 1. The van der Waals surface area contributed by atoms with Crippen LogP contribution in [0, 0.1) is 5.82 Å². The van der Waals surface area contributed by atoms with Crippen molar-refractivity contribution in [3.63, 3.8) is 0 Å². The minimum absolute atomic E-state index is 0.212. The van der Waals surface area contributed by atoms with Gasteiger partial charge in [-0.1, -0.05) is 25.8 Å². The Morgan fingerprint density at radius 2 is 2.20 bits per heavy atom. The molecule has 0 fully saturated rings. The zero-order valence-electron chi connectivity index (χ0n) is 9.29. The van der Waals surface area contributed by atoms with Crippen molar-refractivity contribution in [1.29, 1.82) is 0 Å². The van der Waals surface area contributed by atoms with Crippen molar-refractivity contribution in [3.05, 3.63) is 29.6 Å². The van der Waals surface area contributed by atoms with Crippen molar-refractivity contribution in [1.82, 2.24) is 0 Å². The summed E-state index contributed by atoms with van der Waals surface area (Å²) in [6.45, 7) is 2.09. The van der Waals surface area contributed by atoms with E-state index in [1.807, 2.05) is 0 Å². The fourth-order valence-corrected chi connectivity index (χ4v) is 1.52. The first-order valence-electron chi connectivity index (χ1n) is 5.28. The van der Waals surface area contributed by atoms with Gasteiger partial charge in [-0.2, -0.15) is 0 Å². The first-order valence-corrected chi connectivity index (χ1v) is 5.28. The Morgan fingerprint density at radius 3 is 2.73 bits per heavy atom. The van der Waals surface area contributed by atoms with Crippen LogP contribution in [-0.4, -0.2) is 7.11 Å². The molecule has 0 aliphatic rings. The highest BCUT2D eigenvalue weighted by atomic mass is 19.1. The number of benzene rings is 1. The lowest BCUT2D eigenvalue weighted by Gasteiger charge is -2.13. The van der Waals surface area contributed by atoms with Crippen LogP contribution in [-0.2, 0) is 0 Å². The molecule has 15 heavy (non-hydrogen) atoms. The molecule has 1 aromatic carbocycles. The molecule has 0 radical (unpaired) electrons. The van der Waals surface area contributed by atoms with Gasteiger partial charge in [-0.3, -0.25) is 0 Å². The van der Waals surface area contributed by atoms with Gasteiger partial charge in [-0.05, 0) is 12.5 Å². The zero-order chi connectivity index (χ0) is 11.3. The maximum Gasteiger partial charge on any atom is 0.131 e. The zero-order valence-corrected chi connectivity index (χ0v) is 9.29. The predicted octanol–water partition coefficient (Wildman–Crippen LogP) is 3.02. The summed E-state index contributed by atoms with van der Waals surface area (Å²) >= 11 is 0. The van der Waals surface area contributed by atoms with E-state index in [1.165, 1.54) is 13.2 Å². The molecular formula is C12H18FNO. The molecule has 84 valence electrons. The van der Waals surface area contributed by atoms with E-state index in [1.54, 1.807) is 12.1 Å². The van der Waals surface area contributed by atoms with E-state index >= 15 is 0 Å². The Morgan fingerprint density at radius 1 is 1.47 bits per heavy atom. The molecular weight excluding hydrogens is 193 g/mol. The van der Waals surface area contributed by atoms with Gasteiger partial charge in [0.15, 0.2) is 0 Å².